The lowest BCUT2D eigenvalue weighted by atomic mass is 9.96. The molecule has 130 valence electrons. The number of urea groups is 1. The Kier molecular flexibility index (Phi) is 6.86. The molecule has 6 nitrogen and oxygen atoms in total. The van der Waals surface area contributed by atoms with Gasteiger partial charge in [0, 0.05) is 12.5 Å². The SMILES string of the molecule is C[C@H](OC(=O)CC1CCCC1)C(=O)NC(=O)NC1CCCCC1. The lowest BCUT2D eigenvalue weighted by Gasteiger charge is -2.23. The van der Waals surface area contributed by atoms with E-state index in [1.54, 1.807) is 0 Å². The third kappa shape index (κ3) is 6.20. The zero-order chi connectivity index (χ0) is 16.7. The molecule has 0 spiro atoms. The third-order valence-corrected chi connectivity index (χ3v) is 4.78. The average molecular weight is 324 g/mol. The summed E-state index contributed by atoms with van der Waals surface area (Å²) in [6, 6.07) is -0.364. The minimum absolute atomic E-state index is 0.136. The van der Waals surface area contributed by atoms with E-state index in [4.69, 9.17) is 4.74 Å². The van der Waals surface area contributed by atoms with Crippen molar-refractivity contribution in [3.05, 3.63) is 0 Å². The first-order valence-corrected chi connectivity index (χ1v) is 8.85. The summed E-state index contributed by atoms with van der Waals surface area (Å²) in [6.07, 6.45) is 9.17. The van der Waals surface area contributed by atoms with Crippen LogP contribution in [0.1, 0.15) is 71.1 Å². The van der Waals surface area contributed by atoms with E-state index in [0.717, 1.165) is 51.4 Å². The highest BCUT2D eigenvalue weighted by molar-refractivity contribution is 5.97. The molecule has 2 saturated carbocycles. The molecule has 2 N–H and O–H groups in total. The Labute approximate surface area is 137 Å². The quantitative estimate of drug-likeness (QED) is 0.761. The maximum absolute atomic E-state index is 11.9. The van der Waals surface area contributed by atoms with Gasteiger partial charge in [-0.25, -0.2) is 4.79 Å². The van der Waals surface area contributed by atoms with Gasteiger partial charge in [-0.3, -0.25) is 14.9 Å². The van der Waals surface area contributed by atoms with E-state index >= 15 is 0 Å². The van der Waals surface area contributed by atoms with Gasteiger partial charge in [0.05, 0.1) is 0 Å². The summed E-state index contributed by atoms with van der Waals surface area (Å²) < 4.78 is 5.13. The molecule has 2 fully saturated rings. The molecule has 0 bridgehead atoms. The van der Waals surface area contributed by atoms with Crippen molar-refractivity contribution in [3.8, 4) is 0 Å². The normalized spacial score (nSPS) is 20.7. The second-order valence-corrected chi connectivity index (χ2v) is 6.78. The highest BCUT2D eigenvalue weighted by Gasteiger charge is 2.24. The number of rotatable bonds is 5. The van der Waals surface area contributed by atoms with E-state index in [9.17, 15) is 14.4 Å². The molecule has 2 rings (SSSR count). The van der Waals surface area contributed by atoms with Crippen LogP contribution in [0.2, 0.25) is 0 Å². The van der Waals surface area contributed by atoms with Crippen molar-refractivity contribution >= 4 is 17.9 Å². The number of ether oxygens (including phenoxy) is 1. The molecule has 2 aliphatic rings. The smallest absolute Gasteiger partial charge is 0.321 e. The van der Waals surface area contributed by atoms with Crippen LogP contribution in [0.4, 0.5) is 4.79 Å². The Balaban J connectivity index is 1.66. The van der Waals surface area contributed by atoms with Gasteiger partial charge in [-0.05, 0) is 38.5 Å². The van der Waals surface area contributed by atoms with Crippen LogP contribution in [0.5, 0.6) is 0 Å². The standard InChI is InChI=1S/C17H28N2O4/c1-12(23-15(20)11-13-7-5-6-8-13)16(21)19-17(22)18-14-9-3-2-4-10-14/h12-14H,2-11H2,1H3,(H2,18,19,21,22)/t12-/m0/s1. The summed E-state index contributed by atoms with van der Waals surface area (Å²) in [6.45, 7) is 1.50. The topological polar surface area (TPSA) is 84.5 Å². The fourth-order valence-electron chi connectivity index (χ4n) is 3.43. The predicted octanol–water partition coefficient (Wildman–Crippen LogP) is 2.66. The van der Waals surface area contributed by atoms with Gasteiger partial charge in [0.15, 0.2) is 6.10 Å². The monoisotopic (exact) mass is 324 g/mol. The molecule has 0 aromatic rings. The van der Waals surface area contributed by atoms with Crippen molar-refractivity contribution < 1.29 is 19.1 Å². The Morgan fingerprint density at radius 2 is 1.61 bits per heavy atom. The Morgan fingerprint density at radius 1 is 1.00 bits per heavy atom. The van der Waals surface area contributed by atoms with Crippen molar-refractivity contribution in [1.82, 2.24) is 10.6 Å². The summed E-state index contributed by atoms with van der Waals surface area (Å²) >= 11 is 0. The summed E-state index contributed by atoms with van der Waals surface area (Å²) in [7, 11) is 0. The fraction of sp³-hybridized carbons (Fsp3) is 0.824. The number of esters is 1. The lowest BCUT2D eigenvalue weighted by molar-refractivity contribution is -0.155. The van der Waals surface area contributed by atoms with Gasteiger partial charge in [0.1, 0.15) is 0 Å². The number of hydrogen-bond acceptors (Lipinski definition) is 4. The van der Waals surface area contributed by atoms with Gasteiger partial charge < -0.3 is 10.1 Å². The second-order valence-electron chi connectivity index (χ2n) is 6.78. The lowest BCUT2D eigenvalue weighted by Crippen LogP contribution is -2.48. The number of amides is 3. The first-order valence-electron chi connectivity index (χ1n) is 8.85. The van der Waals surface area contributed by atoms with E-state index in [2.05, 4.69) is 10.6 Å². The zero-order valence-corrected chi connectivity index (χ0v) is 13.9. The number of nitrogens with one attached hydrogen (secondary N) is 2. The molecule has 6 heteroatoms. The Morgan fingerprint density at radius 3 is 2.26 bits per heavy atom. The fourth-order valence-corrected chi connectivity index (χ4v) is 3.43. The number of carbonyl (C=O) groups excluding carboxylic acids is 3. The summed E-state index contributed by atoms with van der Waals surface area (Å²) in [4.78, 5) is 35.5. The molecular formula is C17H28N2O4. The highest BCUT2D eigenvalue weighted by atomic mass is 16.5. The maximum atomic E-state index is 11.9. The molecule has 0 aliphatic heterocycles. The molecule has 3 amide bonds. The first-order chi connectivity index (χ1) is 11.0. The number of imide groups is 1. The largest absolute Gasteiger partial charge is 0.453 e. The van der Waals surface area contributed by atoms with E-state index in [1.807, 2.05) is 0 Å². The van der Waals surface area contributed by atoms with Crippen LogP contribution in [0, 0.1) is 5.92 Å². The van der Waals surface area contributed by atoms with Crippen LogP contribution in [0.15, 0.2) is 0 Å². The van der Waals surface area contributed by atoms with Crippen molar-refractivity contribution in [2.24, 2.45) is 5.92 Å². The predicted molar refractivity (Wildman–Crippen MR) is 85.7 cm³/mol. The van der Waals surface area contributed by atoms with Gasteiger partial charge in [0.2, 0.25) is 0 Å². The minimum atomic E-state index is -0.944. The molecule has 2 aliphatic carbocycles. The minimum Gasteiger partial charge on any atom is -0.453 e. The van der Waals surface area contributed by atoms with Crippen LogP contribution >= 0.6 is 0 Å². The maximum Gasteiger partial charge on any atom is 0.321 e. The number of carbonyl (C=O) groups is 3. The molecule has 23 heavy (non-hydrogen) atoms. The van der Waals surface area contributed by atoms with E-state index in [1.165, 1.54) is 13.3 Å². The van der Waals surface area contributed by atoms with Crippen molar-refractivity contribution in [2.75, 3.05) is 0 Å². The van der Waals surface area contributed by atoms with Gasteiger partial charge >= 0.3 is 12.0 Å². The molecule has 0 radical (unpaired) electrons. The molecule has 0 aromatic heterocycles. The first kappa shape index (κ1) is 17.8. The third-order valence-electron chi connectivity index (χ3n) is 4.78. The molecular weight excluding hydrogens is 296 g/mol. The summed E-state index contributed by atoms with van der Waals surface area (Å²) in [5, 5.41) is 5.07. The van der Waals surface area contributed by atoms with Gasteiger partial charge in [-0.15, -0.1) is 0 Å². The van der Waals surface area contributed by atoms with Crippen LogP contribution in [-0.4, -0.2) is 30.1 Å². The van der Waals surface area contributed by atoms with Crippen LogP contribution in [0.3, 0.4) is 0 Å². The van der Waals surface area contributed by atoms with Crippen molar-refractivity contribution in [1.29, 1.82) is 0 Å². The Hall–Kier alpha value is -1.59. The average Bonchev–Trinajstić information content (AvgIpc) is 3.00. The van der Waals surface area contributed by atoms with Gasteiger partial charge in [0.25, 0.3) is 5.91 Å². The molecule has 0 unspecified atom stereocenters. The van der Waals surface area contributed by atoms with E-state index < -0.39 is 18.0 Å². The van der Waals surface area contributed by atoms with Crippen LogP contribution in [-0.2, 0) is 14.3 Å². The highest BCUT2D eigenvalue weighted by Crippen LogP contribution is 2.27. The van der Waals surface area contributed by atoms with Gasteiger partial charge in [-0.2, -0.15) is 0 Å². The number of hydrogen-bond donors (Lipinski definition) is 2. The summed E-state index contributed by atoms with van der Waals surface area (Å²) in [5.74, 6) is -0.544. The molecule has 0 saturated heterocycles. The van der Waals surface area contributed by atoms with E-state index in [-0.39, 0.29) is 12.0 Å². The van der Waals surface area contributed by atoms with Gasteiger partial charge in [-0.1, -0.05) is 32.1 Å². The summed E-state index contributed by atoms with van der Waals surface area (Å²) in [5.41, 5.74) is 0. The second kappa shape index (κ2) is 8.89. The van der Waals surface area contributed by atoms with Crippen molar-refractivity contribution in [2.45, 2.75) is 83.3 Å². The van der Waals surface area contributed by atoms with Crippen LogP contribution < -0.4 is 10.6 Å². The molecule has 0 heterocycles. The Bertz CT molecular complexity index is 426. The molecule has 1 atom stereocenters. The van der Waals surface area contributed by atoms with E-state index in [0.29, 0.717) is 12.3 Å². The van der Waals surface area contributed by atoms with Crippen LogP contribution in [0.25, 0.3) is 0 Å². The molecule has 0 aromatic carbocycles. The zero-order valence-electron chi connectivity index (χ0n) is 13.9. The van der Waals surface area contributed by atoms with Crippen molar-refractivity contribution in [3.63, 3.8) is 0 Å².